The Hall–Kier alpha value is -0.670. The van der Waals surface area contributed by atoms with Crippen molar-refractivity contribution in [1.29, 1.82) is 0 Å². The molecule has 7 heteroatoms. The predicted octanol–water partition coefficient (Wildman–Crippen LogP) is 1.28. The number of hydrogen-bond donors (Lipinski definition) is 1. The van der Waals surface area contributed by atoms with E-state index in [1.807, 2.05) is 18.2 Å². The molecule has 0 aliphatic carbocycles. The summed E-state index contributed by atoms with van der Waals surface area (Å²) in [4.78, 5) is 14.6. The smallest absolute Gasteiger partial charge is 0.251 e. The molecule has 1 aromatic rings. The second kappa shape index (κ2) is 6.45. The van der Waals surface area contributed by atoms with Crippen molar-refractivity contribution in [2.75, 3.05) is 24.6 Å². The first-order chi connectivity index (χ1) is 10.4. The molecule has 2 fully saturated rings. The summed E-state index contributed by atoms with van der Waals surface area (Å²) in [6.45, 7) is 1.85. The van der Waals surface area contributed by atoms with Crippen molar-refractivity contribution in [1.82, 2.24) is 10.2 Å². The molecule has 2 aliphatic rings. The topological polar surface area (TPSA) is 66.5 Å². The van der Waals surface area contributed by atoms with Crippen LogP contribution in [0.5, 0.6) is 0 Å². The summed E-state index contributed by atoms with van der Waals surface area (Å²) in [7, 11) is -3.08. The average molecular weight is 434 g/mol. The minimum Gasteiger partial charge on any atom is -0.347 e. The van der Waals surface area contributed by atoms with Gasteiger partial charge >= 0.3 is 0 Å². The number of benzene rings is 1. The minimum atomic E-state index is -3.08. The van der Waals surface area contributed by atoms with Gasteiger partial charge in [0.2, 0.25) is 0 Å². The zero-order valence-electron chi connectivity index (χ0n) is 12.2. The lowest BCUT2D eigenvalue weighted by Gasteiger charge is -2.28. The fourth-order valence-corrected chi connectivity index (χ4v) is 5.78. The number of hydrogen-bond acceptors (Lipinski definition) is 4. The van der Waals surface area contributed by atoms with Crippen molar-refractivity contribution in [2.45, 2.75) is 24.9 Å². The summed E-state index contributed by atoms with van der Waals surface area (Å²) in [5.74, 6) is 0.0125. The molecular formula is C15H19IN2O3S. The van der Waals surface area contributed by atoms with Crippen LogP contribution >= 0.6 is 22.6 Å². The summed E-state index contributed by atoms with van der Waals surface area (Å²) in [6.07, 6.45) is 2.21. The van der Waals surface area contributed by atoms with Crippen molar-refractivity contribution in [2.24, 2.45) is 0 Å². The molecule has 2 unspecified atom stereocenters. The normalized spacial score (nSPS) is 27.9. The Morgan fingerprint density at radius 1 is 1.23 bits per heavy atom. The van der Waals surface area contributed by atoms with E-state index in [0.717, 1.165) is 29.5 Å². The third kappa shape index (κ3) is 3.62. The van der Waals surface area contributed by atoms with Gasteiger partial charge in [-0.05, 0) is 66.7 Å². The molecule has 0 bridgehead atoms. The Morgan fingerprint density at radius 2 is 1.95 bits per heavy atom. The van der Waals surface area contributed by atoms with Gasteiger partial charge in [-0.3, -0.25) is 9.69 Å². The highest BCUT2D eigenvalue weighted by molar-refractivity contribution is 14.1. The van der Waals surface area contributed by atoms with E-state index >= 15 is 0 Å². The molecule has 1 N–H and O–H groups in total. The fourth-order valence-electron chi connectivity index (χ4n) is 3.28. The molecule has 2 saturated heterocycles. The van der Waals surface area contributed by atoms with Crippen LogP contribution in [0.15, 0.2) is 24.3 Å². The lowest BCUT2D eigenvalue weighted by atomic mass is 10.1. The molecule has 22 heavy (non-hydrogen) atoms. The molecule has 1 aromatic carbocycles. The molecule has 120 valence electrons. The van der Waals surface area contributed by atoms with Crippen molar-refractivity contribution in [3.05, 3.63) is 33.4 Å². The van der Waals surface area contributed by atoms with Crippen molar-refractivity contribution in [3.63, 3.8) is 0 Å². The molecule has 2 atom stereocenters. The molecule has 2 heterocycles. The van der Waals surface area contributed by atoms with Crippen LogP contribution in [0.2, 0.25) is 0 Å². The Balaban J connectivity index is 1.75. The first-order valence-corrected chi connectivity index (χ1v) is 10.4. The standard InChI is InChI=1S/C15H19IN2O3S/c16-12-5-3-4-11(8-12)15(19)17-13-9-22(20,21)10-14(13)18-6-1-2-7-18/h3-5,8,13-14H,1-2,6-7,9-10H2,(H,17,19). The van der Waals surface area contributed by atoms with E-state index in [4.69, 9.17) is 0 Å². The summed E-state index contributed by atoms with van der Waals surface area (Å²) in [6, 6.07) is 6.92. The maximum Gasteiger partial charge on any atom is 0.251 e. The molecule has 5 nitrogen and oxygen atoms in total. The number of amides is 1. The van der Waals surface area contributed by atoms with Crippen molar-refractivity contribution >= 4 is 38.3 Å². The third-order valence-corrected chi connectivity index (χ3v) is 6.72. The maximum atomic E-state index is 12.4. The minimum absolute atomic E-state index is 0.0455. The summed E-state index contributed by atoms with van der Waals surface area (Å²) >= 11 is 2.16. The molecule has 3 rings (SSSR count). The highest BCUT2D eigenvalue weighted by atomic mass is 127. The van der Waals surface area contributed by atoms with E-state index in [0.29, 0.717) is 5.56 Å². The Labute approximate surface area is 144 Å². The summed E-state index contributed by atoms with van der Waals surface area (Å²) in [5.41, 5.74) is 0.580. The zero-order chi connectivity index (χ0) is 15.7. The second-order valence-corrected chi connectivity index (χ2v) is 9.38. The largest absolute Gasteiger partial charge is 0.347 e. The maximum absolute atomic E-state index is 12.4. The van der Waals surface area contributed by atoms with Gasteiger partial charge < -0.3 is 5.32 Å². The van der Waals surface area contributed by atoms with Crippen LogP contribution in [0, 0.1) is 3.57 Å². The lowest BCUT2D eigenvalue weighted by molar-refractivity contribution is 0.0918. The van der Waals surface area contributed by atoms with Gasteiger partial charge in [0, 0.05) is 15.2 Å². The van der Waals surface area contributed by atoms with E-state index in [1.54, 1.807) is 6.07 Å². The predicted molar refractivity (Wildman–Crippen MR) is 93.7 cm³/mol. The highest BCUT2D eigenvalue weighted by Crippen LogP contribution is 2.23. The first kappa shape index (κ1) is 16.2. The first-order valence-electron chi connectivity index (χ1n) is 7.45. The van der Waals surface area contributed by atoms with Gasteiger partial charge in [0.1, 0.15) is 0 Å². The van der Waals surface area contributed by atoms with E-state index in [1.165, 1.54) is 0 Å². The number of carbonyl (C=O) groups is 1. The zero-order valence-corrected chi connectivity index (χ0v) is 15.1. The number of sulfone groups is 1. The monoisotopic (exact) mass is 434 g/mol. The summed E-state index contributed by atoms with van der Waals surface area (Å²) < 4.78 is 25.0. The van der Waals surface area contributed by atoms with Gasteiger partial charge in [-0.25, -0.2) is 8.42 Å². The summed E-state index contributed by atoms with van der Waals surface area (Å²) in [5, 5.41) is 2.94. The van der Waals surface area contributed by atoms with Crippen LogP contribution in [0.1, 0.15) is 23.2 Å². The number of nitrogens with zero attached hydrogens (tertiary/aromatic N) is 1. The van der Waals surface area contributed by atoms with Crippen LogP contribution in [0.4, 0.5) is 0 Å². The second-order valence-electron chi connectivity index (χ2n) is 5.98. The van der Waals surface area contributed by atoms with Gasteiger partial charge in [0.05, 0.1) is 17.5 Å². The van der Waals surface area contributed by atoms with Crippen LogP contribution in [-0.2, 0) is 9.84 Å². The van der Waals surface area contributed by atoms with Gasteiger partial charge in [0.15, 0.2) is 9.84 Å². The van der Waals surface area contributed by atoms with E-state index < -0.39 is 9.84 Å². The third-order valence-electron chi connectivity index (χ3n) is 4.34. The lowest BCUT2D eigenvalue weighted by Crippen LogP contribution is -2.50. The number of halogens is 1. The molecule has 0 spiro atoms. The molecule has 0 aromatic heterocycles. The van der Waals surface area contributed by atoms with Crippen LogP contribution < -0.4 is 5.32 Å². The van der Waals surface area contributed by atoms with E-state index in [2.05, 4.69) is 32.8 Å². The van der Waals surface area contributed by atoms with Gasteiger partial charge in [-0.1, -0.05) is 6.07 Å². The molecule has 2 aliphatic heterocycles. The number of likely N-dealkylation sites (tertiary alicyclic amines) is 1. The van der Waals surface area contributed by atoms with E-state index in [9.17, 15) is 13.2 Å². The molecule has 1 amide bonds. The van der Waals surface area contributed by atoms with E-state index in [-0.39, 0.29) is 29.5 Å². The van der Waals surface area contributed by atoms with Crippen molar-refractivity contribution in [3.8, 4) is 0 Å². The van der Waals surface area contributed by atoms with Gasteiger partial charge in [-0.15, -0.1) is 0 Å². The SMILES string of the molecule is O=C(NC1CS(=O)(=O)CC1N1CCCC1)c1cccc(I)c1. The Bertz CT molecular complexity index is 671. The molecule has 0 radical (unpaired) electrons. The highest BCUT2D eigenvalue weighted by Gasteiger charge is 2.42. The van der Waals surface area contributed by atoms with Crippen molar-refractivity contribution < 1.29 is 13.2 Å². The molecular weight excluding hydrogens is 415 g/mol. The number of nitrogens with one attached hydrogen (secondary N) is 1. The fraction of sp³-hybridized carbons (Fsp3) is 0.533. The van der Waals surface area contributed by atoms with Gasteiger partial charge in [0.25, 0.3) is 5.91 Å². The van der Waals surface area contributed by atoms with Gasteiger partial charge in [-0.2, -0.15) is 0 Å². The number of rotatable bonds is 3. The van der Waals surface area contributed by atoms with Crippen LogP contribution in [0.25, 0.3) is 0 Å². The van der Waals surface area contributed by atoms with Crippen LogP contribution in [0.3, 0.4) is 0 Å². The average Bonchev–Trinajstić information content (AvgIpc) is 3.06. The Kier molecular flexibility index (Phi) is 4.75. The number of carbonyl (C=O) groups excluding carboxylic acids is 1. The van der Waals surface area contributed by atoms with Crippen LogP contribution in [-0.4, -0.2) is 55.9 Å². The Morgan fingerprint density at radius 3 is 2.64 bits per heavy atom. The quantitative estimate of drug-likeness (QED) is 0.729. The molecule has 0 saturated carbocycles.